The van der Waals surface area contributed by atoms with Gasteiger partial charge in [-0.25, -0.2) is 10.2 Å². The van der Waals surface area contributed by atoms with Crippen LogP contribution in [0.3, 0.4) is 0 Å². The number of hydrazone groups is 1. The molecule has 1 aromatic heterocycles. The molecule has 11 heteroatoms. The largest absolute Gasteiger partial charge is 0.478 e. The third-order valence-corrected chi connectivity index (χ3v) is 6.17. The van der Waals surface area contributed by atoms with Gasteiger partial charge in [0.05, 0.1) is 17.5 Å². The lowest BCUT2D eigenvalue weighted by Crippen LogP contribution is -2.20. The first-order chi connectivity index (χ1) is 16.9. The molecule has 1 heterocycles. The first-order valence-corrected chi connectivity index (χ1v) is 11.9. The van der Waals surface area contributed by atoms with Crippen LogP contribution in [0.15, 0.2) is 83.1 Å². The van der Waals surface area contributed by atoms with E-state index in [0.717, 1.165) is 11.3 Å². The molecular formula is C24H17Cl2N5O3S. The quantitative estimate of drug-likeness (QED) is 0.186. The van der Waals surface area contributed by atoms with Crippen LogP contribution < -0.4 is 5.43 Å². The number of aromatic carboxylic acids is 1. The maximum Gasteiger partial charge on any atom is 0.336 e. The SMILES string of the molecule is O=C(CSc1nnc(-c2ccc(Cl)cc2)n1-c1ccc(Cl)cc1)NN=Cc1ccccc1C(=O)O. The van der Waals surface area contributed by atoms with Gasteiger partial charge < -0.3 is 5.11 Å². The Hall–Kier alpha value is -3.66. The molecule has 0 bridgehead atoms. The van der Waals surface area contributed by atoms with E-state index in [2.05, 4.69) is 20.7 Å². The van der Waals surface area contributed by atoms with Crippen LogP contribution in [0.1, 0.15) is 15.9 Å². The van der Waals surface area contributed by atoms with Crippen molar-refractivity contribution in [1.82, 2.24) is 20.2 Å². The number of nitrogens with one attached hydrogen (secondary N) is 1. The molecule has 0 saturated carbocycles. The molecule has 0 spiro atoms. The zero-order valence-corrected chi connectivity index (χ0v) is 20.3. The van der Waals surface area contributed by atoms with E-state index in [1.807, 2.05) is 28.8 Å². The predicted octanol–water partition coefficient (Wildman–Crippen LogP) is 5.18. The molecule has 4 rings (SSSR count). The van der Waals surface area contributed by atoms with Crippen molar-refractivity contribution in [2.45, 2.75) is 5.16 Å². The number of hydrogen-bond acceptors (Lipinski definition) is 6. The Balaban J connectivity index is 1.51. The topological polar surface area (TPSA) is 109 Å². The second kappa shape index (κ2) is 11.2. The molecule has 4 aromatic rings. The second-order valence-electron chi connectivity index (χ2n) is 7.10. The van der Waals surface area contributed by atoms with Gasteiger partial charge in [-0.2, -0.15) is 5.10 Å². The molecule has 0 atom stereocenters. The average Bonchev–Trinajstić information content (AvgIpc) is 3.28. The lowest BCUT2D eigenvalue weighted by Gasteiger charge is -2.10. The molecule has 35 heavy (non-hydrogen) atoms. The van der Waals surface area contributed by atoms with Crippen LogP contribution in [-0.4, -0.2) is 43.7 Å². The van der Waals surface area contributed by atoms with E-state index >= 15 is 0 Å². The lowest BCUT2D eigenvalue weighted by molar-refractivity contribution is -0.118. The van der Waals surface area contributed by atoms with Gasteiger partial charge in [0.2, 0.25) is 0 Å². The van der Waals surface area contributed by atoms with Gasteiger partial charge >= 0.3 is 5.97 Å². The Kier molecular flexibility index (Phi) is 7.81. The van der Waals surface area contributed by atoms with Crippen molar-refractivity contribution in [3.05, 3.63) is 94.0 Å². The van der Waals surface area contributed by atoms with Gasteiger partial charge in [0.25, 0.3) is 5.91 Å². The van der Waals surface area contributed by atoms with Crippen molar-refractivity contribution in [3.63, 3.8) is 0 Å². The second-order valence-corrected chi connectivity index (χ2v) is 8.91. The third kappa shape index (κ3) is 6.07. The summed E-state index contributed by atoms with van der Waals surface area (Å²) >= 11 is 13.2. The zero-order chi connectivity index (χ0) is 24.8. The fourth-order valence-corrected chi connectivity index (χ4v) is 4.11. The van der Waals surface area contributed by atoms with Crippen LogP contribution in [-0.2, 0) is 4.79 Å². The number of benzene rings is 3. The summed E-state index contributed by atoms with van der Waals surface area (Å²) in [5.74, 6) is -0.885. The summed E-state index contributed by atoms with van der Waals surface area (Å²) in [6.45, 7) is 0. The molecule has 0 radical (unpaired) electrons. The van der Waals surface area contributed by atoms with Crippen molar-refractivity contribution in [2.75, 3.05) is 5.75 Å². The fourth-order valence-electron chi connectivity index (χ4n) is 3.11. The van der Waals surface area contributed by atoms with Gasteiger partial charge in [0.1, 0.15) is 0 Å². The van der Waals surface area contributed by atoms with E-state index in [1.165, 1.54) is 24.0 Å². The van der Waals surface area contributed by atoms with E-state index in [9.17, 15) is 14.7 Å². The van der Waals surface area contributed by atoms with Crippen LogP contribution in [0.2, 0.25) is 10.0 Å². The summed E-state index contributed by atoms with van der Waals surface area (Å²) in [5, 5.41) is 23.4. The number of rotatable bonds is 8. The number of nitrogens with zero attached hydrogens (tertiary/aromatic N) is 4. The molecule has 2 N–H and O–H groups in total. The van der Waals surface area contributed by atoms with Gasteiger partial charge in [-0.1, -0.05) is 53.2 Å². The van der Waals surface area contributed by atoms with Gasteiger partial charge in [0.15, 0.2) is 11.0 Å². The summed E-state index contributed by atoms with van der Waals surface area (Å²) in [5.41, 5.74) is 4.45. The molecule has 8 nitrogen and oxygen atoms in total. The Morgan fingerprint density at radius 3 is 2.31 bits per heavy atom. The first kappa shape index (κ1) is 24.5. The predicted molar refractivity (Wildman–Crippen MR) is 137 cm³/mol. The number of thioether (sulfide) groups is 1. The maximum atomic E-state index is 12.4. The number of aromatic nitrogens is 3. The molecule has 0 saturated heterocycles. The number of amides is 1. The van der Waals surface area contributed by atoms with Crippen LogP contribution in [0.4, 0.5) is 0 Å². The molecule has 176 valence electrons. The minimum Gasteiger partial charge on any atom is -0.478 e. The minimum atomic E-state index is -1.08. The molecule has 0 aliphatic carbocycles. The van der Waals surface area contributed by atoms with E-state index in [0.29, 0.717) is 26.6 Å². The van der Waals surface area contributed by atoms with E-state index in [1.54, 1.807) is 42.5 Å². The van der Waals surface area contributed by atoms with Crippen molar-refractivity contribution < 1.29 is 14.7 Å². The van der Waals surface area contributed by atoms with Crippen LogP contribution in [0.5, 0.6) is 0 Å². The van der Waals surface area contributed by atoms with Crippen molar-refractivity contribution in [1.29, 1.82) is 0 Å². The van der Waals surface area contributed by atoms with Gasteiger partial charge in [-0.3, -0.25) is 9.36 Å². The number of carboxylic acid groups (broad SMARTS) is 1. The molecule has 0 aliphatic heterocycles. The summed E-state index contributed by atoms with van der Waals surface area (Å²) in [7, 11) is 0. The lowest BCUT2D eigenvalue weighted by atomic mass is 10.1. The standard InChI is InChI=1S/C24H17Cl2N5O3S/c25-17-7-5-15(6-8-17)22-29-30-24(31(22)19-11-9-18(26)10-12-19)35-14-21(32)28-27-13-16-3-1-2-4-20(16)23(33)34/h1-13H,14H2,(H,28,32)(H,33,34). The normalized spacial score (nSPS) is 11.0. The highest BCUT2D eigenvalue weighted by atomic mass is 35.5. The Morgan fingerprint density at radius 1 is 0.971 bits per heavy atom. The molecule has 1 amide bonds. The van der Waals surface area contributed by atoms with Crippen molar-refractivity contribution >= 4 is 53.1 Å². The van der Waals surface area contributed by atoms with Gasteiger partial charge in [0, 0.05) is 26.9 Å². The Labute approximate surface area is 214 Å². The summed E-state index contributed by atoms with van der Waals surface area (Å²) < 4.78 is 1.82. The van der Waals surface area contributed by atoms with Crippen LogP contribution in [0, 0.1) is 0 Å². The minimum absolute atomic E-state index is 0.00422. The van der Waals surface area contributed by atoms with Gasteiger partial charge in [-0.05, 0) is 54.6 Å². The van der Waals surface area contributed by atoms with Crippen molar-refractivity contribution in [2.24, 2.45) is 5.10 Å². The number of carbonyl (C=O) groups excluding carboxylic acids is 1. The fraction of sp³-hybridized carbons (Fsp3) is 0.0417. The molecule has 0 fully saturated rings. The Bertz CT molecular complexity index is 1390. The average molecular weight is 526 g/mol. The van der Waals surface area contributed by atoms with E-state index < -0.39 is 11.9 Å². The highest BCUT2D eigenvalue weighted by Gasteiger charge is 2.17. The third-order valence-electron chi connectivity index (χ3n) is 4.74. The number of halogens is 2. The number of carbonyl (C=O) groups is 2. The molecule has 0 unspecified atom stereocenters. The Morgan fingerprint density at radius 2 is 1.63 bits per heavy atom. The summed E-state index contributed by atoms with van der Waals surface area (Å²) in [6, 6.07) is 20.7. The van der Waals surface area contributed by atoms with Crippen molar-refractivity contribution in [3.8, 4) is 17.1 Å². The first-order valence-electron chi connectivity index (χ1n) is 10.2. The molecular weight excluding hydrogens is 509 g/mol. The number of carboxylic acids is 1. The molecule has 3 aromatic carbocycles. The zero-order valence-electron chi connectivity index (χ0n) is 17.9. The monoisotopic (exact) mass is 525 g/mol. The maximum absolute atomic E-state index is 12.4. The van der Waals surface area contributed by atoms with Crippen LogP contribution >= 0.6 is 35.0 Å². The number of hydrogen-bond donors (Lipinski definition) is 2. The highest BCUT2D eigenvalue weighted by molar-refractivity contribution is 7.99. The summed E-state index contributed by atoms with van der Waals surface area (Å²) in [4.78, 5) is 23.7. The van der Waals surface area contributed by atoms with E-state index in [-0.39, 0.29) is 11.3 Å². The smallest absolute Gasteiger partial charge is 0.336 e. The van der Waals surface area contributed by atoms with E-state index in [4.69, 9.17) is 23.2 Å². The highest BCUT2D eigenvalue weighted by Crippen LogP contribution is 2.29. The van der Waals surface area contributed by atoms with Gasteiger partial charge in [-0.15, -0.1) is 10.2 Å². The molecule has 0 aliphatic rings. The van der Waals surface area contributed by atoms with Crippen LogP contribution in [0.25, 0.3) is 17.1 Å². The summed E-state index contributed by atoms with van der Waals surface area (Å²) in [6.07, 6.45) is 1.29.